The van der Waals surface area contributed by atoms with Crippen molar-refractivity contribution in [2.75, 3.05) is 32.8 Å². The topological polar surface area (TPSA) is 35.5 Å². The predicted molar refractivity (Wildman–Crippen MR) is 70.6 cm³/mol. The molecule has 2 N–H and O–H groups in total. The van der Waals surface area contributed by atoms with Gasteiger partial charge in [0, 0.05) is 25.2 Å². The Morgan fingerprint density at radius 1 is 1.44 bits per heavy atom. The molecule has 96 valence electrons. The maximum Gasteiger partial charge on any atom is 0.0558 e. The zero-order valence-corrected chi connectivity index (χ0v) is 11.3. The summed E-state index contributed by atoms with van der Waals surface area (Å²) < 4.78 is 0. The van der Waals surface area contributed by atoms with E-state index in [9.17, 15) is 0 Å². The minimum Gasteiger partial charge on any atom is -0.395 e. The molecule has 0 aromatic rings. The van der Waals surface area contributed by atoms with E-state index in [1.165, 1.54) is 0 Å². The second-order valence-electron chi connectivity index (χ2n) is 5.51. The van der Waals surface area contributed by atoms with Crippen molar-refractivity contribution < 1.29 is 5.11 Å². The molecular formula is C13H28N2O. The van der Waals surface area contributed by atoms with Gasteiger partial charge in [-0.2, -0.15) is 0 Å². The summed E-state index contributed by atoms with van der Waals surface area (Å²) in [4.78, 5) is 2.22. The van der Waals surface area contributed by atoms with Gasteiger partial charge in [-0.1, -0.05) is 13.0 Å². The van der Waals surface area contributed by atoms with E-state index in [-0.39, 0.29) is 12.1 Å². The van der Waals surface area contributed by atoms with E-state index in [0.717, 1.165) is 26.2 Å². The number of aliphatic hydroxyl groups excluding tert-OH is 1. The first-order chi connectivity index (χ1) is 7.39. The van der Waals surface area contributed by atoms with Gasteiger partial charge in [-0.05, 0) is 33.2 Å². The largest absolute Gasteiger partial charge is 0.395 e. The Hall–Kier alpha value is -0.380. The highest BCUT2D eigenvalue weighted by Gasteiger charge is 2.13. The second-order valence-corrected chi connectivity index (χ2v) is 5.51. The molecular weight excluding hydrogens is 200 g/mol. The number of nitrogens with one attached hydrogen (secondary N) is 1. The summed E-state index contributed by atoms with van der Waals surface area (Å²) in [6.07, 6.45) is 1.89. The Balaban J connectivity index is 3.89. The molecule has 16 heavy (non-hydrogen) atoms. The van der Waals surface area contributed by atoms with Crippen molar-refractivity contribution >= 4 is 0 Å². The maximum absolute atomic E-state index is 8.94. The van der Waals surface area contributed by atoms with Crippen LogP contribution < -0.4 is 5.32 Å². The molecule has 0 heterocycles. The van der Waals surface area contributed by atoms with Crippen LogP contribution in [0.1, 0.15) is 27.7 Å². The third-order valence-electron chi connectivity index (χ3n) is 2.35. The number of nitrogens with zero attached hydrogens (tertiary/aromatic N) is 1. The van der Waals surface area contributed by atoms with Crippen LogP contribution in [0.15, 0.2) is 12.7 Å². The van der Waals surface area contributed by atoms with E-state index in [2.05, 4.69) is 44.5 Å². The fourth-order valence-electron chi connectivity index (χ4n) is 1.57. The van der Waals surface area contributed by atoms with Gasteiger partial charge in [-0.15, -0.1) is 6.58 Å². The summed E-state index contributed by atoms with van der Waals surface area (Å²) in [5, 5.41) is 12.4. The van der Waals surface area contributed by atoms with Crippen LogP contribution >= 0.6 is 0 Å². The highest BCUT2D eigenvalue weighted by atomic mass is 16.3. The summed E-state index contributed by atoms with van der Waals surface area (Å²) in [7, 11) is 0. The van der Waals surface area contributed by atoms with Crippen molar-refractivity contribution in [3.05, 3.63) is 12.7 Å². The molecule has 0 aliphatic carbocycles. The Bertz CT molecular complexity index is 187. The standard InChI is InChI=1S/C13H28N2O/c1-6-7-15(8-9-16)11-12(2)10-14-13(3,4)5/h6,12,14,16H,1,7-11H2,2-5H3. The third-order valence-corrected chi connectivity index (χ3v) is 2.35. The molecule has 0 saturated carbocycles. The second kappa shape index (κ2) is 7.82. The van der Waals surface area contributed by atoms with Crippen LogP contribution in [0.2, 0.25) is 0 Å². The molecule has 0 fully saturated rings. The SMILES string of the molecule is C=CCN(CCO)CC(C)CNC(C)(C)C. The van der Waals surface area contributed by atoms with Crippen molar-refractivity contribution in [1.82, 2.24) is 10.2 Å². The zero-order chi connectivity index (χ0) is 12.6. The van der Waals surface area contributed by atoms with Crippen LogP contribution in [0.5, 0.6) is 0 Å². The monoisotopic (exact) mass is 228 g/mol. The first kappa shape index (κ1) is 15.6. The van der Waals surface area contributed by atoms with E-state index in [1.54, 1.807) is 0 Å². The minimum atomic E-state index is 0.175. The van der Waals surface area contributed by atoms with E-state index in [4.69, 9.17) is 5.11 Å². The Kier molecular flexibility index (Phi) is 7.64. The van der Waals surface area contributed by atoms with Crippen molar-refractivity contribution in [1.29, 1.82) is 0 Å². The molecule has 0 aliphatic rings. The fraction of sp³-hybridized carbons (Fsp3) is 0.846. The normalized spacial score (nSPS) is 14.1. The lowest BCUT2D eigenvalue weighted by Gasteiger charge is -2.27. The van der Waals surface area contributed by atoms with Gasteiger partial charge in [-0.3, -0.25) is 4.90 Å². The van der Waals surface area contributed by atoms with Gasteiger partial charge >= 0.3 is 0 Å². The predicted octanol–water partition coefficient (Wildman–Crippen LogP) is 1.49. The summed E-state index contributed by atoms with van der Waals surface area (Å²) in [5.41, 5.74) is 0.175. The quantitative estimate of drug-likeness (QED) is 0.618. The number of hydrogen-bond acceptors (Lipinski definition) is 3. The molecule has 0 bridgehead atoms. The molecule has 0 amide bonds. The molecule has 0 aliphatic heterocycles. The smallest absolute Gasteiger partial charge is 0.0558 e. The highest BCUT2D eigenvalue weighted by molar-refractivity contribution is 4.77. The lowest BCUT2D eigenvalue weighted by Crippen LogP contribution is -2.42. The summed E-state index contributed by atoms with van der Waals surface area (Å²) in [5.74, 6) is 0.575. The molecule has 0 rings (SSSR count). The van der Waals surface area contributed by atoms with Gasteiger partial charge < -0.3 is 10.4 Å². The molecule has 0 aromatic heterocycles. The van der Waals surface area contributed by atoms with Gasteiger partial charge in [0.2, 0.25) is 0 Å². The molecule has 1 atom stereocenters. The first-order valence-corrected chi connectivity index (χ1v) is 6.08. The van der Waals surface area contributed by atoms with Crippen LogP contribution in [0.3, 0.4) is 0 Å². The van der Waals surface area contributed by atoms with Crippen molar-refractivity contribution in [2.45, 2.75) is 33.2 Å². The van der Waals surface area contributed by atoms with Crippen LogP contribution in [0, 0.1) is 5.92 Å². The average molecular weight is 228 g/mol. The molecule has 0 spiro atoms. The Morgan fingerprint density at radius 3 is 2.50 bits per heavy atom. The molecule has 0 radical (unpaired) electrons. The molecule has 0 aromatic carbocycles. The van der Waals surface area contributed by atoms with Crippen LogP contribution in [0.25, 0.3) is 0 Å². The zero-order valence-electron chi connectivity index (χ0n) is 11.3. The number of hydrogen-bond donors (Lipinski definition) is 2. The van der Waals surface area contributed by atoms with E-state index in [1.807, 2.05) is 6.08 Å². The first-order valence-electron chi connectivity index (χ1n) is 6.08. The average Bonchev–Trinajstić information content (AvgIpc) is 2.14. The highest BCUT2D eigenvalue weighted by Crippen LogP contribution is 2.03. The third kappa shape index (κ3) is 8.89. The van der Waals surface area contributed by atoms with E-state index in [0.29, 0.717) is 5.92 Å². The number of rotatable bonds is 8. The lowest BCUT2D eigenvalue weighted by atomic mass is 10.1. The molecule has 3 heteroatoms. The summed E-state index contributed by atoms with van der Waals surface area (Å²) >= 11 is 0. The van der Waals surface area contributed by atoms with Crippen molar-refractivity contribution in [2.24, 2.45) is 5.92 Å². The molecule has 3 nitrogen and oxygen atoms in total. The minimum absolute atomic E-state index is 0.175. The summed E-state index contributed by atoms with van der Waals surface area (Å²) in [6, 6.07) is 0. The number of aliphatic hydroxyl groups is 1. The fourth-order valence-corrected chi connectivity index (χ4v) is 1.57. The van der Waals surface area contributed by atoms with Crippen molar-refractivity contribution in [3.63, 3.8) is 0 Å². The Morgan fingerprint density at radius 2 is 2.06 bits per heavy atom. The lowest BCUT2D eigenvalue weighted by molar-refractivity contribution is 0.187. The van der Waals surface area contributed by atoms with Crippen LogP contribution in [-0.2, 0) is 0 Å². The molecule has 1 unspecified atom stereocenters. The Labute approximate surface area is 101 Å². The van der Waals surface area contributed by atoms with Crippen molar-refractivity contribution in [3.8, 4) is 0 Å². The van der Waals surface area contributed by atoms with Gasteiger partial charge in [0.25, 0.3) is 0 Å². The maximum atomic E-state index is 8.94. The van der Waals surface area contributed by atoms with Gasteiger partial charge in [-0.25, -0.2) is 0 Å². The van der Waals surface area contributed by atoms with E-state index < -0.39 is 0 Å². The van der Waals surface area contributed by atoms with Gasteiger partial charge in [0.15, 0.2) is 0 Å². The van der Waals surface area contributed by atoms with Gasteiger partial charge in [0.1, 0.15) is 0 Å². The van der Waals surface area contributed by atoms with E-state index >= 15 is 0 Å². The van der Waals surface area contributed by atoms with Crippen LogP contribution in [-0.4, -0.2) is 48.3 Å². The summed E-state index contributed by atoms with van der Waals surface area (Å²) in [6.45, 7) is 16.3. The van der Waals surface area contributed by atoms with Gasteiger partial charge in [0.05, 0.1) is 6.61 Å². The molecule has 0 saturated heterocycles. The van der Waals surface area contributed by atoms with Crippen LogP contribution in [0.4, 0.5) is 0 Å².